The molecule has 0 fully saturated rings. The monoisotopic (exact) mass is 333 g/mol. The number of carbonyl (C=O) groups is 1. The van der Waals surface area contributed by atoms with Gasteiger partial charge in [-0.3, -0.25) is 9.78 Å². The summed E-state index contributed by atoms with van der Waals surface area (Å²) in [5.41, 5.74) is 1.31. The van der Waals surface area contributed by atoms with E-state index >= 15 is 0 Å². The molecule has 2 aromatic heterocycles. The Kier molecular flexibility index (Phi) is 4.84. The van der Waals surface area contributed by atoms with Gasteiger partial charge < -0.3 is 4.90 Å². The topological polar surface area (TPSA) is 46.1 Å². The Hall–Kier alpha value is -1.75. The number of hydrogen-bond donors (Lipinski definition) is 0. The van der Waals surface area contributed by atoms with Gasteiger partial charge in [-0.1, -0.05) is 6.07 Å². The molecule has 2 aromatic rings. The number of nitrogens with zero attached hydrogens (tertiary/aromatic N) is 3. The van der Waals surface area contributed by atoms with Crippen molar-refractivity contribution in [1.29, 1.82) is 0 Å². The summed E-state index contributed by atoms with van der Waals surface area (Å²) in [6, 6.07) is 9.32. The van der Waals surface area contributed by atoms with Gasteiger partial charge in [-0.15, -0.1) is 0 Å². The van der Waals surface area contributed by atoms with Gasteiger partial charge in [0.15, 0.2) is 0 Å². The molecule has 0 aliphatic heterocycles. The van der Waals surface area contributed by atoms with Crippen LogP contribution in [0.3, 0.4) is 0 Å². The minimum Gasteiger partial charge on any atom is -0.329 e. The molecule has 0 radical (unpaired) electrons. The lowest BCUT2D eigenvalue weighted by atomic mass is 10.2. The highest BCUT2D eigenvalue weighted by Crippen LogP contribution is 2.13. The van der Waals surface area contributed by atoms with Crippen molar-refractivity contribution in [2.45, 2.75) is 26.4 Å². The van der Waals surface area contributed by atoms with Gasteiger partial charge in [-0.25, -0.2) is 4.98 Å². The molecule has 0 unspecified atom stereocenters. The number of carbonyl (C=O) groups excluding carboxylic acids is 1. The highest BCUT2D eigenvalue weighted by atomic mass is 79.9. The summed E-state index contributed by atoms with van der Waals surface area (Å²) >= 11 is 3.32. The zero-order valence-electron chi connectivity index (χ0n) is 11.5. The third-order valence-corrected chi connectivity index (χ3v) is 3.36. The van der Waals surface area contributed by atoms with Crippen molar-refractivity contribution in [2.24, 2.45) is 0 Å². The van der Waals surface area contributed by atoms with Crippen LogP contribution in [0.1, 0.15) is 30.0 Å². The first-order valence-corrected chi connectivity index (χ1v) is 7.19. The molecule has 0 aliphatic rings. The first-order chi connectivity index (χ1) is 9.58. The van der Waals surface area contributed by atoms with Crippen LogP contribution < -0.4 is 0 Å². The lowest BCUT2D eigenvalue weighted by Gasteiger charge is -2.26. The second-order valence-corrected chi connectivity index (χ2v) is 5.63. The Morgan fingerprint density at radius 2 is 2.05 bits per heavy atom. The van der Waals surface area contributed by atoms with Crippen molar-refractivity contribution in [3.05, 3.63) is 58.6 Å². The SMILES string of the molecule is CC(C)N(Cc1ccccn1)C(=O)c1ccc(Br)cn1. The van der Waals surface area contributed by atoms with E-state index in [9.17, 15) is 4.79 Å². The van der Waals surface area contributed by atoms with Crippen molar-refractivity contribution in [3.63, 3.8) is 0 Å². The zero-order valence-corrected chi connectivity index (χ0v) is 13.0. The molecule has 0 bridgehead atoms. The molecule has 5 heteroatoms. The lowest BCUT2D eigenvalue weighted by molar-refractivity contribution is 0.0681. The Morgan fingerprint density at radius 3 is 2.60 bits per heavy atom. The van der Waals surface area contributed by atoms with E-state index in [0.717, 1.165) is 10.2 Å². The first kappa shape index (κ1) is 14.7. The molecule has 2 rings (SSSR count). The van der Waals surface area contributed by atoms with Gasteiger partial charge in [0.25, 0.3) is 5.91 Å². The highest BCUT2D eigenvalue weighted by molar-refractivity contribution is 9.10. The Labute approximate surface area is 127 Å². The average Bonchev–Trinajstić information content (AvgIpc) is 2.45. The quantitative estimate of drug-likeness (QED) is 0.862. The Balaban J connectivity index is 2.20. The van der Waals surface area contributed by atoms with Crippen molar-refractivity contribution in [2.75, 3.05) is 0 Å². The Morgan fingerprint density at radius 1 is 1.25 bits per heavy atom. The lowest BCUT2D eigenvalue weighted by Crippen LogP contribution is -2.37. The fourth-order valence-corrected chi connectivity index (χ4v) is 2.04. The predicted octanol–water partition coefficient (Wildman–Crippen LogP) is 3.29. The molecule has 0 aliphatic carbocycles. The van der Waals surface area contributed by atoms with Crippen molar-refractivity contribution in [3.8, 4) is 0 Å². The van der Waals surface area contributed by atoms with Gasteiger partial charge in [0, 0.05) is 22.9 Å². The molecule has 4 nitrogen and oxygen atoms in total. The van der Waals surface area contributed by atoms with E-state index in [4.69, 9.17) is 0 Å². The summed E-state index contributed by atoms with van der Waals surface area (Å²) in [4.78, 5) is 22.7. The highest BCUT2D eigenvalue weighted by Gasteiger charge is 2.20. The molecular formula is C15H16BrN3O. The van der Waals surface area contributed by atoms with Crippen LogP contribution in [-0.2, 0) is 6.54 Å². The van der Waals surface area contributed by atoms with E-state index in [-0.39, 0.29) is 11.9 Å². The van der Waals surface area contributed by atoms with Crippen molar-refractivity contribution < 1.29 is 4.79 Å². The number of amides is 1. The largest absolute Gasteiger partial charge is 0.329 e. The fourth-order valence-electron chi connectivity index (χ4n) is 1.80. The number of hydrogen-bond acceptors (Lipinski definition) is 3. The van der Waals surface area contributed by atoms with Gasteiger partial charge in [0.2, 0.25) is 0 Å². The van der Waals surface area contributed by atoms with E-state index in [1.165, 1.54) is 0 Å². The molecule has 0 saturated carbocycles. The van der Waals surface area contributed by atoms with E-state index in [1.807, 2.05) is 38.1 Å². The van der Waals surface area contributed by atoms with Crippen LogP contribution in [0.4, 0.5) is 0 Å². The van der Waals surface area contributed by atoms with Gasteiger partial charge >= 0.3 is 0 Å². The number of rotatable bonds is 4. The second-order valence-electron chi connectivity index (χ2n) is 4.71. The molecule has 0 saturated heterocycles. The van der Waals surface area contributed by atoms with Gasteiger partial charge in [-0.2, -0.15) is 0 Å². The van der Waals surface area contributed by atoms with Crippen LogP contribution in [0.2, 0.25) is 0 Å². The summed E-state index contributed by atoms with van der Waals surface area (Å²) in [6.45, 7) is 4.45. The molecule has 0 aromatic carbocycles. The average molecular weight is 334 g/mol. The molecule has 1 amide bonds. The van der Waals surface area contributed by atoms with Crippen LogP contribution in [0.25, 0.3) is 0 Å². The van der Waals surface area contributed by atoms with Crippen LogP contribution in [0.5, 0.6) is 0 Å². The predicted molar refractivity (Wildman–Crippen MR) is 81.2 cm³/mol. The maximum Gasteiger partial charge on any atom is 0.273 e. The summed E-state index contributed by atoms with van der Waals surface area (Å²) in [5.74, 6) is -0.0850. The van der Waals surface area contributed by atoms with E-state index in [0.29, 0.717) is 12.2 Å². The zero-order chi connectivity index (χ0) is 14.5. The van der Waals surface area contributed by atoms with Gasteiger partial charge in [0.1, 0.15) is 5.69 Å². The first-order valence-electron chi connectivity index (χ1n) is 6.40. The van der Waals surface area contributed by atoms with Crippen molar-refractivity contribution in [1.82, 2.24) is 14.9 Å². The van der Waals surface area contributed by atoms with E-state index < -0.39 is 0 Å². The van der Waals surface area contributed by atoms with Crippen LogP contribution in [0.15, 0.2) is 47.2 Å². The third-order valence-electron chi connectivity index (χ3n) is 2.89. The Bertz CT molecular complexity index is 569. The molecule has 20 heavy (non-hydrogen) atoms. The van der Waals surface area contributed by atoms with Crippen LogP contribution >= 0.6 is 15.9 Å². The smallest absolute Gasteiger partial charge is 0.273 e. The van der Waals surface area contributed by atoms with Gasteiger partial charge in [0.05, 0.1) is 12.2 Å². The number of aromatic nitrogens is 2. The van der Waals surface area contributed by atoms with Crippen LogP contribution in [0, 0.1) is 0 Å². The van der Waals surface area contributed by atoms with E-state index in [2.05, 4.69) is 25.9 Å². The summed E-state index contributed by atoms with van der Waals surface area (Å²) in [6.07, 6.45) is 3.36. The number of halogens is 1. The fraction of sp³-hybridized carbons (Fsp3) is 0.267. The van der Waals surface area contributed by atoms with Gasteiger partial charge in [-0.05, 0) is 54.0 Å². The minimum atomic E-state index is -0.0850. The molecule has 0 N–H and O–H groups in total. The molecule has 2 heterocycles. The maximum absolute atomic E-state index is 12.5. The number of pyridine rings is 2. The normalized spacial score (nSPS) is 10.6. The molecule has 0 atom stereocenters. The second kappa shape index (κ2) is 6.61. The molecular weight excluding hydrogens is 318 g/mol. The molecule has 104 valence electrons. The summed E-state index contributed by atoms with van der Waals surface area (Å²) < 4.78 is 0.856. The third kappa shape index (κ3) is 3.63. The minimum absolute atomic E-state index is 0.0787. The summed E-state index contributed by atoms with van der Waals surface area (Å²) in [5, 5.41) is 0. The standard InChI is InChI=1S/C15H16BrN3O/c1-11(2)19(10-13-5-3-4-8-17-13)15(20)14-7-6-12(16)9-18-14/h3-9,11H,10H2,1-2H3. The van der Waals surface area contributed by atoms with Crippen molar-refractivity contribution >= 4 is 21.8 Å². The summed E-state index contributed by atoms with van der Waals surface area (Å²) in [7, 11) is 0. The van der Waals surface area contributed by atoms with E-state index in [1.54, 1.807) is 23.4 Å². The maximum atomic E-state index is 12.5. The molecule has 0 spiro atoms. The van der Waals surface area contributed by atoms with Crippen LogP contribution in [-0.4, -0.2) is 26.8 Å².